The van der Waals surface area contributed by atoms with Crippen molar-refractivity contribution in [1.82, 2.24) is 34.9 Å². The molecule has 7 aromatic heterocycles. The summed E-state index contributed by atoms with van der Waals surface area (Å²) in [6, 6.07) is 28.4. The second-order valence-corrected chi connectivity index (χ2v) is 59.5. The fourth-order valence-electron chi connectivity index (χ4n) is 12.0. The fourth-order valence-corrected chi connectivity index (χ4v) is 30.7. The predicted molar refractivity (Wildman–Crippen MR) is 626 cm³/mol. The molecule has 7 aromatic rings. The van der Waals surface area contributed by atoms with Crippen molar-refractivity contribution in [3.05, 3.63) is 200 Å². The van der Waals surface area contributed by atoms with Crippen molar-refractivity contribution >= 4 is 407 Å². The van der Waals surface area contributed by atoms with Crippen LogP contribution in [0.25, 0.3) is 6.08 Å². The van der Waals surface area contributed by atoms with Crippen LogP contribution >= 0.6 is 111 Å². The van der Waals surface area contributed by atoms with Crippen LogP contribution in [0.1, 0.15) is 106 Å². The number of aromatic nitrogens is 7. The van der Waals surface area contributed by atoms with Gasteiger partial charge in [-0.2, -0.15) is 35.1 Å². The van der Waals surface area contributed by atoms with Crippen LogP contribution in [0.3, 0.4) is 0 Å². The number of nitrogens with one attached hydrogen (secondary N) is 1. The highest BCUT2D eigenvalue weighted by atomic mass is 79.9. The Kier molecular flexibility index (Phi) is 73.4. The van der Waals surface area contributed by atoms with Gasteiger partial charge in [0.15, 0.2) is 5.43 Å². The van der Waals surface area contributed by atoms with Crippen molar-refractivity contribution in [1.29, 1.82) is 0 Å². The predicted octanol–water partition coefficient (Wildman–Crippen LogP) is 14.3. The molecule has 66 heteroatoms. The summed E-state index contributed by atoms with van der Waals surface area (Å²) < 4.78 is 136. The molecular weight excluding hydrogens is 2590 g/mol. The molecule has 6 atom stereocenters. The molecule has 0 saturated carbocycles. The van der Waals surface area contributed by atoms with Crippen LogP contribution in [-0.2, 0) is 373 Å². The number of hydrogen-bond acceptors (Lipinski definition) is 36. The van der Waals surface area contributed by atoms with Gasteiger partial charge in [-0.15, -0.1) is 0 Å². The molecule has 0 aromatic carbocycles. The van der Waals surface area contributed by atoms with E-state index in [0.717, 1.165) is 79.4 Å². The Hall–Kier alpha value is 1.43. The molecular formula is C73H87BBrCl7F3N7O18S29. The van der Waals surface area contributed by atoms with E-state index in [0.29, 0.717) is 128 Å². The third-order valence-corrected chi connectivity index (χ3v) is 44.6. The van der Waals surface area contributed by atoms with Gasteiger partial charge < -0.3 is 75.7 Å². The first-order valence-electron chi connectivity index (χ1n) is 37.8. The first kappa shape index (κ1) is 138. The molecule has 7 fully saturated rings. The van der Waals surface area contributed by atoms with Gasteiger partial charge in [0, 0.05) is 405 Å². The molecule has 0 spiro atoms. The summed E-state index contributed by atoms with van der Waals surface area (Å²) in [5.74, 6) is -0.601. The number of rotatable bonds is 15. The molecule has 0 aliphatic carbocycles. The van der Waals surface area contributed by atoms with Gasteiger partial charge in [0.25, 0.3) is 0 Å². The van der Waals surface area contributed by atoms with Gasteiger partial charge in [-0.05, 0) is 115 Å². The molecule has 139 heavy (non-hydrogen) atoms. The number of alkyl halides is 3. The molecule has 7 saturated heterocycles. The van der Waals surface area contributed by atoms with Gasteiger partial charge in [-0.1, -0.05) is 112 Å². The normalized spacial score (nSPS) is 20.9. The first-order chi connectivity index (χ1) is 65.5. The van der Waals surface area contributed by atoms with Gasteiger partial charge in [-0.3, -0.25) is 4.79 Å². The second kappa shape index (κ2) is 73.7. The fraction of sp³-hybridized carbons (Fsp3) is 0.493. The number of aliphatic hydroxyl groups is 1. The summed E-state index contributed by atoms with van der Waals surface area (Å²) >= 11 is 95.3. The average Bonchev–Trinajstić information content (AvgIpc) is 1.62. The minimum atomic E-state index is -5.79. The first-order valence-corrected chi connectivity index (χ1v) is 70.7. The van der Waals surface area contributed by atoms with Crippen LogP contribution < -0.4 is 15.1 Å². The maximum atomic E-state index is 12.4. The van der Waals surface area contributed by atoms with Crippen molar-refractivity contribution < 1.29 is 92.3 Å². The Bertz CT molecular complexity index is 5880. The number of pyridine rings is 7. The molecule has 14 rings (SSSR count). The average molecular weight is 2680 g/mol. The monoisotopic (exact) mass is 2670 g/mol. The Morgan fingerprint density at radius 3 is 1.16 bits per heavy atom. The van der Waals surface area contributed by atoms with Crippen molar-refractivity contribution in [3.8, 4) is 5.75 Å². The molecule has 6 unspecified atom stereocenters. The molecule has 2 N–H and O–H groups in total. The minimum Gasteiger partial charge on any atom is -0.399 e. The summed E-state index contributed by atoms with van der Waals surface area (Å²) in [6.07, 6.45) is 5.82. The number of aromatic amines is 1. The molecule has 0 radical (unpaired) electrons. The van der Waals surface area contributed by atoms with Crippen molar-refractivity contribution in [2.75, 3.05) is 115 Å². The van der Waals surface area contributed by atoms with Crippen LogP contribution in [0, 0.1) is 0 Å². The van der Waals surface area contributed by atoms with Crippen LogP contribution in [0.15, 0.2) is 119 Å². The number of methoxy groups -OCH3 is 5. The van der Waals surface area contributed by atoms with E-state index in [1.54, 1.807) is 104 Å². The molecule has 7 aliphatic rings. The lowest BCUT2D eigenvalue weighted by Crippen LogP contribution is -2.41. The van der Waals surface area contributed by atoms with E-state index in [4.69, 9.17) is 143 Å². The zero-order chi connectivity index (χ0) is 104. The number of H-pyrrole nitrogens is 1. The van der Waals surface area contributed by atoms with E-state index < -0.39 is 73.3 Å². The van der Waals surface area contributed by atoms with Gasteiger partial charge >= 0.3 is 22.7 Å². The van der Waals surface area contributed by atoms with Crippen molar-refractivity contribution in [2.45, 2.75) is 117 Å². The van der Waals surface area contributed by atoms with Gasteiger partial charge in [0.2, 0.25) is 0 Å². The Balaban J connectivity index is 0.000000784. The summed E-state index contributed by atoms with van der Waals surface area (Å²) in [7, 11) is 21.9. The van der Waals surface area contributed by atoms with Gasteiger partial charge in [-0.25, -0.2) is 29.9 Å². The van der Waals surface area contributed by atoms with E-state index in [9.17, 15) is 31.5 Å². The third kappa shape index (κ3) is 48.3. The summed E-state index contributed by atoms with van der Waals surface area (Å²) in [5.41, 5.74) is -4.75. The van der Waals surface area contributed by atoms with E-state index in [1.807, 2.05) is 64.1 Å². The molecule has 0 bridgehead atoms. The second-order valence-electron chi connectivity index (χ2n) is 27.9. The molecule has 25 nitrogen and oxygen atoms in total. The zero-order valence-electron chi connectivity index (χ0n) is 73.6. The Morgan fingerprint density at radius 1 is 0.460 bits per heavy atom. The van der Waals surface area contributed by atoms with E-state index in [1.165, 1.54) is 117 Å². The Labute approximate surface area is 958 Å². The number of nitrogens with zero attached hydrogens (tertiary/aromatic N) is 6. The van der Waals surface area contributed by atoms with Gasteiger partial charge in [0.1, 0.15) is 80.0 Å². The Morgan fingerprint density at radius 2 is 0.813 bits per heavy atom. The lowest BCUT2D eigenvalue weighted by Gasteiger charge is -2.32. The topological polar surface area (TPSA) is 294 Å². The van der Waals surface area contributed by atoms with Crippen LogP contribution in [-0.4, -0.2) is 187 Å². The molecule has 7 aliphatic heterocycles. The highest BCUT2D eigenvalue weighted by Crippen LogP contribution is 2.42. The quantitative estimate of drug-likeness (QED) is 0.0417. The molecule has 776 valence electrons. The highest BCUT2D eigenvalue weighted by Gasteiger charge is 2.53. The summed E-state index contributed by atoms with van der Waals surface area (Å²) in [6.45, 7) is 17.8. The lowest BCUT2D eigenvalue weighted by molar-refractivity contribution is -0.0500. The lowest BCUT2D eigenvalue weighted by atomic mass is 9.78. The minimum absolute atomic E-state index is 0. The van der Waals surface area contributed by atoms with E-state index in [-0.39, 0.29) is 36.4 Å². The summed E-state index contributed by atoms with van der Waals surface area (Å²) in [5, 5.41) is 12.4. The zero-order valence-corrected chi connectivity index (χ0v) is 104. The molecule has 14 heterocycles. The number of halogens is 11. The third-order valence-electron chi connectivity index (χ3n) is 19.6. The molecule has 0 amide bonds. The number of ether oxygens (including phenoxy) is 11. The van der Waals surface area contributed by atoms with Crippen molar-refractivity contribution in [3.63, 3.8) is 0 Å². The number of hydrogen-bond donors (Lipinski definition) is 2. The maximum Gasteiger partial charge on any atom is 0.534 e. The van der Waals surface area contributed by atoms with E-state index in [2.05, 4.69) is 196 Å². The standard InChI is InChI=1S/C16H23BClNO4.C12H14ClNO2.C11H11ClF3NO5S.C10H12ClNO3.C10H12ClNO2.C9H10ClNO2.C5H3BrClN.S7.S6.S5.S4.S3.S2.H2S/c1-14(2)15(3,4)23-17(22-14)11-8-12(19-13(18)9-11)16(20-5)6-7-21-10-16;1-3-9-6-10(14-11(13)7-9)12(15-2)4-5-16-8-12;1-19-10(2-3-20-6-10)8-4-7(5-9(12)16-8)21-22(17,18)11(13,14)15;1-14-10(2-3-15-6-10)8-4-7(13)5-9(11)12-8;1-13-10(5-6-14-7-10)8-3-2-4-9(11)12-8;10-8-3-1-2-7(11-8)9(12)4-5-13-6-9;6-4-2-1-3-5(7)8-4;1-3-5-7-6-4-2;1-3-5-6-4-2;1-3-5-4-2;1-3-4-2;1-3-2;1-2;/h8-9H,6-7,10H2,1-5H3;3,6-7H,1,4-5,8H2,2H3;4-5H,2-3,6H2,1H3;4-5H,2-3,6H2,1H3,(H,12,13);2-4H,5-7H2,1H3;1-3,12H,4-6H2;1-3H;;;;;;;1H2. The van der Waals surface area contributed by atoms with Crippen LogP contribution in [0.5, 0.6) is 5.75 Å². The highest BCUT2D eigenvalue weighted by molar-refractivity contribution is 9.10. The van der Waals surface area contributed by atoms with E-state index >= 15 is 0 Å². The van der Waals surface area contributed by atoms with Crippen LogP contribution in [0.4, 0.5) is 13.2 Å². The maximum absolute atomic E-state index is 12.4. The summed E-state index contributed by atoms with van der Waals surface area (Å²) in [4.78, 5) is 39.2. The SMILES string of the molecule is C=Cc1cc(Cl)nc(C2(OC)CCOC2)c1.COC1(c2cc(=O)cc(Cl)[nH]2)CCOC1.COC1(c2cc(B3OC(C)(C)C(C)(C)O3)cc(Cl)n2)CCOC1.COC1(c2cc(OS(=O)(=O)C(F)(F)F)cc(Cl)n2)CCOC1.COC1(c2cccc(Cl)n2)CCOC1.Clc1cccc(Br)n1.OC1(c2cccc(Cl)n2)CCOC1.S.S=S.S=S=S.S=S=S=S.S=S=S=S=S.S=S=S=S=S=S.S=S=S=S=S=S=S. The van der Waals surface area contributed by atoms with Crippen LogP contribution in [0.2, 0.25) is 36.1 Å². The van der Waals surface area contributed by atoms with Gasteiger partial charge in [0.05, 0.1) is 85.0 Å². The largest absolute Gasteiger partial charge is 0.534 e. The van der Waals surface area contributed by atoms with Crippen molar-refractivity contribution in [2.24, 2.45) is 0 Å². The smallest absolute Gasteiger partial charge is 0.399 e.